The fourth-order valence-corrected chi connectivity index (χ4v) is 3.48. The van der Waals surface area contributed by atoms with Crippen molar-refractivity contribution in [2.45, 2.75) is 18.1 Å². The number of carbonyl (C=O) groups is 2. The Balaban J connectivity index is 2.30. The van der Waals surface area contributed by atoms with Gasteiger partial charge in [-0.2, -0.15) is 0 Å². The molecule has 1 amide bonds. The van der Waals surface area contributed by atoms with Crippen LogP contribution in [0.5, 0.6) is 0 Å². The summed E-state index contributed by atoms with van der Waals surface area (Å²) in [7, 11) is 0. The minimum Gasteiger partial charge on any atom is -0.478 e. The molecule has 0 radical (unpaired) electrons. The first-order valence-corrected chi connectivity index (χ1v) is 7.45. The van der Waals surface area contributed by atoms with Crippen LogP contribution in [0.1, 0.15) is 23.2 Å². The zero-order valence-electron chi connectivity index (χ0n) is 9.78. The number of anilines is 1. The Morgan fingerprint density at radius 2 is 2.00 bits per heavy atom. The van der Waals surface area contributed by atoms with Crippen molar-refractivity contribution in [3.05, 3.63) is 27.7 Å². The molecule has 1 fully saturated rings. The number of carbonyl (C=O) groups excluding carboxylic acids is 1. The van der Waals surface area contributed by atoms with E-state index < -0.39 is 5.97 Å². The summed E-state index contributed by atoms with van der Waals surface area (Å²) in [5, 5.41) is 11.8. The van der Waals surface area contributed by atoms with E-state index in [1.807, 2.05) is 0 Å². The van der Waals surface area contributed by atoms with Gasteiger partial charge in [0.1, 0.15) is 5.56 Å². The number of hydrogen-bond acceptors (Lipinski definition) is 3. The number of nitrogens with one attached hydrogen (secondary N) is 1. The molecule has 2 rings (SSSR count). The summed E-state index contributed by atoms with van der Waals surface area (Å²) in [6, 6.07) is 2.86. The molecular weight excluding hydrogens is 309 g/mol. The number of carboxylic acid groups (broad SMARTS) is 1. The van der Waals surface area contributed by atoms with Crippen LogP contribution in [-0.4, -0.2) is 28.0 Å². The molecule has 1 aromatic carbocycles. The summed E-state index contributed by atoms with van der Waals surface area (Å²) in [4.78, 5) is 23.2. The molecule has 0 saturated carbocycles. The molecule has 1 heterocycles. The van der Waals surface area contributed by atoms with Crippen LogP contribution in [0.3, 0.4) is 0 Å². The lowest BCUT2D eigenvalue weighted by Crippen LogP contribution is -2.24. The van der Waals surface area contributed by atoms with Crippen molar-refractivity contribution in [3.63, 3.8) is 0 Å². The summed E-state index contributed by atoms with van der Waals surface area (Å²) in [5.41, 5.74) is -0.107. The number of halogens is 2. The third-order valence-electron chi connectivity index (χ3n) is 2.79. The molecule has 1 saturated heterocycles. The number of amides is 1. The van der Waals surface area contributed by atoms with Gasteiger partial charge >= 0.3 is 5.97 Å². The Bertz CT molecular complexity index is 530. The number of rotatable bonds is 3. The Morgan fingerprint density at radius 1 is 1.32 bits per heavy atom. The molecule has 0 aromatic heterocycles. The van der Waals surface area contributed by atoms with Crippen LogP contribution >= 0.6 is 35.0 Å². The van der Waals surface area contributed by atoms with E-state index in [1.54, 1.807) is 11.8 Å². The fourth-order valence-electron chi connectivity index (χ4n) is 1.87. The topological polar surface area (TPSA) is 66.4 Å². The fraction of sp³-hybridized carbons (Fsp3) is 0.333. The van der Waals surface area contributed by atoms with Crippen molar-refractivity contribution in [1.82, 2.24) is 0 Å². The lowest BCUT2D eigenvalue weighted by atomic mass is 10.1. The van der Waals surface area contributed by atoms with Gasteiger partial charge in [0.25, 0.3) is 0 Å². The van der Waals surface area contributed by atoms with Crippen molar-refractivity contribution in [1.29, 1.82) is 0 Å². The Labute approximate surface area is 124 Å². The molecule has 19 heavy (non-hydrogen) atoms. The van der Waals surface area contributed by atoms with Crippen LogP contribution in [-0.2, 0) is 4.79 Å². The predicted molar refractivity (Wildman–Crippen MR) is 77.5 cm³/mol. The molecule has 1 unspecified atom stereocenters. The number of benzene rings is 1. The maximum Gasteiger partial charge on any atom is 0.339 e. The monoisotopic (exact) mass is 319 g/mol. The van der Waals surface area contributed by atoms with Crippen molar-refractivity contribution in [3.8, 4) is 0 Å². The molecule has 4 nitrogen and oxygen atoms in total. The first-order chi connectivity index (χ1) is 9.00. The van der Waals surface area contributed by atoms with Crippen molar-refractivity contribution in [2.24, 2.45) is 0 Å². The van der Waals surface area contributed by atoms with E-state index in [0.29, 0.717) is 0 Å². The third kappa shape index (κ3) is 3.16. The highest BCUT2D eigenvalue weighted by Crippen LogP contribution is 2.34. The van der Waals surface area contributed by atoms with Gasteiger partial charge in [0.15, 0.2) is 0 Å². The zero-order valence-corrected chi connectivity index (χ0v) is 12.1. The molecule has 0 bridgehead atoms. The smallest absolute Gasteiger partial charge is 0.339 e. The highest BCUT2D eigenvalue weighted by atomic mass is 35.5. The third-order valence-corrected chi connectivity index (χ3v) is 4.79. The molecule has 1 atom stereocenters. The first kappa shape index (κ1) is 14.5. The van der Waals surface area contributed by atoms with Gasteiger partial charge in [-0.15, -0.1) is 11.8 Å². The summed E-state index contributed by atoms with van der Waals surface area (Å²) >= 11 is 13.4. The van der Waals surface area contributed by atoms with E-state index in [-0.39, 0.29) is 32.5 Å². The molecule has 7 heteroatoms. The van der Waals surface area contributed by atoms with Gasteiger partial charge in [0.2, 0.25) is 5.91 Å². The van der Waals surface area contributed by atoms with Gasteiger partial charge in [0.05, 0.1) is 21.0 Å². The number of aromatic carboxylic acids is 1. The molecular formula is C12H11Cl2NO3S. The van der Waals surface area contributed by atoms with Crippen LogP contribution in [0.25, 0.3) is 0 Å². The van der Waals surface area contributed by atoms with Crippen LogP contribution in [0.2, 0.25) is 10.0 Å². The second-order valence-electron chi connectivity index (χ2n) is 4.08. The SMILES string of the molecule is O=C(O)c1c(Cl)ccc(Cl)c1NC(=O)C1CCCS1. The lowest BCUT2D eigenvalue weighted by Gasteiger charge is -2.14. The van der Waals surface area contributed by atoms with Crippen LogP contribution in [0, 0.1) is 0 Å². The van der Waals surface area contributed by atoms with Gasteiger partial charge in [-0.3, -0.25) is 4.79 Å². The minimum atomic E-state index is -1.22. The summed E-state index contributed by atoms with van der Waals surface area (Å²) in [6.45, 7) is 0. The van der Waals surface area contributed by atoms with E-state index in [2.05, 4.69) is 5.32 Å². The molecule has 102 valence electrons. The number of carboxylic acids is 1. The Hall–Kier alpha value is -0.910. The molecule has 0 spiro atoms. The summed E-state index contributed by atoms with van der Waals surface area (Å²) < 4.78 is 0. The first-order valence-electron chi connectivity index (χ1n) is 5.64. The number of hydrogen-bond donors (Lipinski definition) is 2. The van der Waals surface area contributed by atoms with Crippen LogP contribution in [0.15, 0.2) is 12.1 Å². The molecule has 1 aliphatic rings. The molecule has 1 aliphatic heterocycles. The highest BCUT2D eigenvalue weighted by Gasteiger charge is 2.26. The standard InChI is InChI=1S/C12H11Cl2NO3S/c13-6-3-4-7(14)10(9(6)12(17)18)15-11(16)8-2-1-5-19-8/h3-4,8H,1-2,5H2,(H,15,16)(H,17,18). The van der Waals surface area contributed by atoms with Gasteiger partial charge in [-0.05, 0) is 30.7 Å². The number of thioether (sulfide) groups is 1. The van der Waals surface area contributed by atoms with E-state index in [0.717, 1.165) is 18.6 Å². The maximum absolute atomic E-state index is 12.0. The Morgan fingerprint density at radius 3 is 2.58 bits per heavy atom. The lowest BCUT2D eigenvalue weighted by molar-refractivity contribution is -0.115. The average molecular weight is 320 g/mol. The van der Waals surface area contributed by atoms with E-state index >= 15 is 0 Å². The highest BCUT2D eigenvalue weighted by molar-refractivity contribution is 8.00. The van der Waals surface area contributed by atoms with E-state index in [9.17, 15) is 9.59 Å². The maximum atomic E-state index is 12.0. The average Bonchev–Trinajstić information content (AvgIpc) is 2.87. The van der Waals surface area contributed by atoms with E-state index in [4.69, 9.17) is 28.3 Å². The second-order valence-corrected chi connectivity index (χ2v) is 6.20. The largest absolute Gasteiger partial charge is 0.478 e. The van der Waals surface area contributed by atoms with Gasteiger partial charge in [-0.25, -0.2) is 4.79 Å². The Kier molecular flexibility index (Phi) is 4.60. The van der Waals surface area contributed by atoms with Crippen molar-refractivity contribution < 1.29 is 14.7 Å². The van der Waals surface area contributed by atoms with E-state index in [1.165, 1.54) is 12.1 Å². The minimum absolute atomic E-state index is 0.0475. The second kappa shape index (κ2) is 6.03. The van der Waals surface area contributed by atoms with Crippen molar-refractivity contribution in [2.75, 3.05) is 11.1 Å². The van der Waals surface area contributed by atoms with Crippen LogP contribution in [0.4, 0.5) is 5.69 Å². The predicted octanol–water partition coefficient (Wildman–Crippen LogP) is 3.53. The molecule has 2 N–H and O–H groups in total. The quantitative estimate of drug-likeness (QED) is 0.894. The summed E-state index contributed by atoms with van der Waals surface area (Å²) in [6.07, 6.45) is 1.77. The van der Waals surface area contributed by atoms with Gasteiger partial charge < -0.3 is 10.4 Å². The molecule has 1 aromatic rings. The zero-order chi connectivity index (χ0) is 14.0. The van der Waals surface area contributed by atoms with Crippen LogP contribution < -0.4 is 5.32 Å². The van der Waals surface area contributed by atoms with Crippen molar-refractivity contribution >= 4 is 52.5 Å². The summed E-state index contributed by atoms with van der Waals surface area (Å²) in [5.74, 6) is -0.510. The van der Waals surface area contributed by atoms with Gasteiger partial charge in [0, 0.05) is 0 Å². The molecule has 0 aliphatic carbocycles. The normalized spacial score (nSPS) is 18.3. The van der Waals surface area contributed by atoms with Gasteiger partial charge in [-0.1, -0.05) is 23.2 Å².